The monoisotopic (exact) mass is 292 g/mol. The van der Waals surface area contributed by atoms with E-state index in [0.29, 0.717) is 11.6 Å². The normalized spacial score (nSPS) is 16.2. The minimum Gasteiger partial charge on any atom is -0.506 e. The van der Waals surface area contributed by atoms with E-state index in [1.165, 1.54) is 42.5 Å². The summed E-state index contributed by atoms with van der Waals surface area (Å²) in [7, 11) is 0. The van der Waals surface area contributed by atoms with Gasteiger partial charge in [-0.15, -0.1) is 15.0 Å². The predicted octanol–water partition coefficient (Wildman–Crippen LogP) is 3.97. The first-order valence-electron chi connectivity index (χ1n) is 7.88. The molecule has 4 nitrogen and oxygen atoms in total. The number of phenolic OH excluding ortho intramolecular Hbond substituents is 1. The van der Waals surface area contributed by atoms with Crippen LogP contribution >= 0.6 is 0 Å². The summed E-state index contributed by atoms with van der Waals surface area (Å²) in [5.41, 5.74) is 3.65. The fourth-order valence-corrected chi connectivity index (χ4v) is 3.30. The molecule has 0 bridgehead atoms. The molecular weight excluding hydrogens is 274 g/mol. The van der Waals surface area contributed by atoms with Gasteiger partial charge in [-0.3, -0.25) is 0 Å². The molecule has 111 valence electrons. The maximum atomic E-state index is 9.93. The third-order valence-corrected chi connectivity index (χ3v) is 4.52. The summed E-state index contributed by atoms with van der Waals surface area (Å²) in [5.74, 6) is 0.813. The van der Waals surface area contributed by atoms with E-state index >= 15 is 0 Å². The van der Waals surface area contributed by atoms with E-state index < -0.39 is 0 Å². The lowest BCUT2D eigenvalue weighted by Gasteiger charge is -2.21. The van der Waals surface area contributed by atoms with Gasteiger partial charge in [0.2, 0.25) is 0 Å². The molecule has 1 aliphatic carbocycles. The number of benzene rings is 2. The number of nitrogens with zero attached hydrogens (tertiary/aromatic N) is 3. The molecule has 1 heterocycles. The van der Waals surface area contributed by atoms with Crippen LogP contribution in [0.4, 0.5) is 0 Å². The van der Waals surface area contributed by atoms with Gasteiger partial charge in [-0.05, 0) is 54.7 Å². The zero-order valence-electron chi connectivity index (χ0n) is 12.4. The van der Waals surface area contributed by atoms with Crippen molar-refractivity contribution < 1.29 is 5.11 Å². The Morgan fingerprint density at radius 1 is 1.05 bits per heavy atom. The molecule has 4 rings (SSSR count). The number of hydrogen-bond acceptors (Lipinski definition) is 3. The smallest absolute Gasteiger partial charge is 0.143 e. The van der Waals surface area contributed by atoms with E-state index in [1.807, 2.05) is 6.07 Å². The average molecular weight is 292 g/mol. The Morgan fingerprint density at radius 3 is 2.68 bits per heavy atom. The quantitative estimate of drug-likeness (QED) is 0.777. The van der Waals surface area contributed by atoms with Crippen molar-refractivity contribution in [2.45, 2.75) is 38.0 Å². The first-order chi connectivity index (χ1) is 10.8. The van der Waals surface area contributed by atoms with Crippen LogP contribution in [-0.2, 0) is 0 Å². The lowest BCUT2D eigenvalue weighted by molar-refractivity contribution is 0.444. The Morgan fingerprint density at radius 2 is 1.86 bits per heavy atom. The molecule has 0 spiro atoms. The molecule has 1 fully saturated rings. The molecule has 2 aromatic carbocycles. The van der Waals surface area contributed by atoms with Gasteiger partial charge < -0.3 is 5.11 Å². The largest absolute Gasteiger partial charge is 0.506 e. The van der Waals surface area contributed by atoms with Crippen LogP contribution in [0.1, 0.15) is 43.6 Å². The summed E-state index contributed by atoms with van der Waals surface area (Å²) in [6.07, 6.45) is 6.55. The van der Waals surface area contributed by atoms with Crippen molar-refractivity contribution in [3.05, 3.63) is 48.0 Å². The highest BCUT2D eigenvalue weighted by atomic mass is 16.3. The first kappa shape index (κ1) is 13.3. The van der Waals surface area contributed by atoms with Crippen molar-refractivity contribution in [1.82, 2.24) is 15.0 Å². The second-order valence-electron chi connectivity index (χ2n) is 5.99. The van der Waals surface area contributed by atoms with E-state index in [2.05, 4.69) is 28.4 Å². The maximum absolute atomic E-state index is 9.93. The number of hydrogen-bond donors (Lipinski definition) is 1. The van der Waals surface area contributed by atoms with Crippen molar-refractivity contribution in [2.24, 2.45) is 0 Å². The standard InChI is InChI=1S/C18H18N3O/c22-18-9-5-4-8-17(18)21-19-15-11-10-14(12-16(15)20-21)13-6-2-1-3-7-13/h5,8-13,22H,1-3,6-7H2. The highest BCUT2D eigenvalue weighted by molar-refractivity contribution is 5.75. The third-order valence-electron chi connectivity index (χ3n) is 4.52. The van der Waals surface area contributed by atoms with Gasteiger partial charge in [-0.25, -0.2) is 0 Å². The molecule has 1 saturated carbocycles. The summed E-state index contributed by atoms with van der Waals surface area (Å²) < 4.78 is 0. The van der Waals surface area contributed by atoms with Crippen molar-refractivity contribution >= 4 is 11.0 Å². The average Bonchev–Trinajstić information content (AvgIpc) is 2.99. The van der Waals surface area contributed by atoms with Crippen LogP contribution in [0.2, 0.25) is 0 Å². The molecule has 3 aromatic rings. The van der Waals surface area contributed by atoms with E-state index in [4.69, 9.17) is 0 Å². The highest BCUT2D eigenvalue weighted by Crippen LogP contribution is 2.33. The molecule has 22 heavy (non-hydrogen) atoms. The number of aromatic hydroxyl groups is 1. The third kappa shape index (κ3) is 2.34. The Kier molecular flexibility index (Phi) is 3.29. The molecule has 0 aliphatic heterocycles. The summed E-state index contributed by atoms with van der Waals surface area (Å²) in [6.45, 7) is 0. The van der Waals surface area contributed by atoms with E-state index in [-0.39, 0.29) is 5.75 Å². The number of fused-ring (bicyclic) bond motifs is 1. The van der Waals surface area contributed by atoms with Crippen LogP contribution < -0.4 is 0 Å². The van der Waals surface area contributed by atoms with E-state index in [0.717, 1.165) is 11.0 Å². The van der Waals surface area contributed by atoms with Crippen molar-refractivity contribution in [3.8, 4) is 11.4 Å². The fourth-order valence-electron chi connectivity index (χ4n) is 3.30. The lowest BCUT2D eigenvalue weighted by atomic mass is 9.84. The van der Waals surface area contributed by atoms with Crippen molar-refractivity contribution in [3.63, 3.8) is 0 Å². The summed E-state index contributed by atoms with van der Waals surface area (Å²) in [4.78, 5) is 1.49. The minimum absolute atomic E-state index is 0.159. The van der Waals surface area contributed by atoms with Gasteiger partial charge in [0.1, 0.15) is 22.5 Å². The molecule has 0 saturated heterocycles. The maximum Gasteiger partial charge on any atom is 0.143 e. The highest BCUT2D eigenvalue weighted by Gasteiger charge is 2.17. The molecule has 1 radical (unpaired) electrons. The van der Waals surface area contributed by atoms with Gasteiger partial charge in [0, 0.05) is 0 Å². The minimum atomic E-state index is 0.159. The number of aromatic nitrogens is 3. The molecule has 4 heteroatoms. The van der Waals surface area contributed by atoms with Crippen LogP contribution in [-0.4, -0.2) is 20.1 Å². The fraction of sp³-hybridized carbons (Fsp3) is 0.333. The molecule has 0 atom stereocenters. The molecule has 0 unspecified atom stereocenters. The lowest BCUT2D eigenvalue weighted by Crippen LogP contribution is -2.04. The topological polar surface area (TPSA) is 50.9 Å². The second-order valence-corrected chi connectivity index (χ2v) is 5.99. The van der Waals surface area contributed by atoms with Gasteiger partial charge in [0.25, 0.3) is 0 Å². The summed E-state index contributed by atoms with van der Waals surface area (Å²) in [6, 6.07) is 14.3. The van der Waals surface area contributed by atoms with Crippen LogP contribution in [0.15, 0.2) is 36.4 Å². The van der Waals surface area contributed by atoms with Gasteiger partial charge >= 0.3 is 0 Å². The van der Waals surface area contributed by atoms with Crippen LogP contribution in [0, 0.1) is 6.07 Å². The molecule has 0 amide bonds. The number of phenols is 1. The Labute approximate surface area is 129 Å². The van der Waals surface area contributed by atoms with Crippen LogP contribution in [0.3, 0.4) is 0 Å². The van der Waals surface area contributed by atoms with Crippen molar-refractivity contribution in [2.75, 3.05) is 0 Å². The molecular formula is C18H18N3O. The Bertz CT molecular complexity index is 803. The molecule has 1 N–H and O–H groups in total. The van der Waals surface area contributed by atoms with E-state index in [1.54, 1.807) is 18.2 Å². The van der Waals surface area contributed by atoms with Gasteiger partial charge in [-0.2, -0.15) is 0 Å². The Balaban J connectivity index is 1.73. The summed E-state index contributed by atoms with van der Waals surface area (Å²) >= 11 is 0. The van der Waals surface area contributed by atoms with Crippen LogP contribution in [0.5, 0.6) is 5.75 Å². The zero-order valence-corrected chi connectivity index (χ0v) is 12.4. The molecule has 1 aliphatic rings. The number of rotatable bonds is 2. The molecule has 1 aromatic heterocycles. The predicted molar refractivity (Wildman–Crippen MR) is 85.2 cm³/mol. The second kappa shape index (κ2) is 5.44. The Hall–Kier alpha value is -2.36. The van der Waals surface area contributed by atoms with Gasteiger partial charge in [-0.1, -0.05) is 31.4 Å². The van der Waals surface area contributed by atoms with E-state index in [9.17, 15) is 5.11 Å². The van der Waals surface area contributed by atoms with Crippen molar-refractivity contribution in [1.29, 1.82) is 0 Å². The SMILES string of the molecule is Oc1cc[c]cc1-n1nc2ccc(C3CCCCC3)cc2n1. The summed E-state index contributed by atoms with van der Waals surface area (Å²) in [5, 5.41) is 18.9. The van der Waals surface area contributed by atoms with Gasteiger partial charge in [0.05, 0.1) is 0 Å². The zero-order chi connectivity index (χ0) is 14.9. The van der Waals surface area contributed by atoms with Gasteiger partial charge in [0.15, 0.2) is 0 Å². The van der Waals surface area contributed by atoms with Crippen LogP contribution in [0.25, 0.3) is 16.7 Å². The first-order valence-corrected chi connectivity index (χ1v) is 7.88.